The number of primary amides is 1. The Morgan fingerprint density at radius 3 is 2.78 bits per heavy atom. The maximum Gasteiger partial charge on any atom is 0.255 e. The molecular formula is C12H12BrClN2O2. The molecular weight excluding hydrogens is 320 g/mol. The van der Waals surface area contributed by atoms with Crippen LogP contribution in [0, 0.1) is 5.92 Å². The molecule has 1 fully saturated rings. The number of rotatable bonds is 2. The van der Waals surface area contributed by atoms with E-state index < -0.39 is 0 Å². The number of carbonyl (C=O) groups excluding carboxylic acids is 2. The number of hydrogen-bond acceptors (Lipinski definition) is 2. The van der Waals surface area contributed by atoms with Crippen molar-refractivity contribution >= 4 is 39.3 Å². The van der Waals surface area contributed by atoms with Crippen molar-refractivity contribution in [2.24, 2.45) is 11.7 Å². The lowest BCUT2D eigenvalue weighted by atomic mass is 10.1. The summed E-state index contributed by atoms with van der Waals surface area (Å²) < 4.78 is 0.792. The zero-order valence-electron chi connectivity index (χ0n) is 9.53. The molecule has 0 saturated carbocycles. The van der Waals surface area contributed by atoms with Crippen molar-refractivity contribution in [3.05, 3.63) is 33.3 Å². The molecule has 2 N–H and O–H groups in total. The van der Waals surface area contributed by atoms with Crippen LogP contribution >= 0.6 is 27.5 Å². The van der Waals surface area contributed by atoms with Crippen LogP contribution in [0.1, 0.15) is 16.8 Å². The zero-order valence-corrected chi connectivity index (χ0v) is 11.9. The van der Waals surface area contributed by atoms with Crippen LogP contribution in [0.5, 0.6) is 0 Å². The van der Waals surface area contributed by atoms with Crippen LogP contribution < -0.4 is 5.73 Å². The van der Waals surface area contributed by atoms with Crippen LogP contribution in [0.25, 0.3) is 0 Å². The molecule has 1 aromatic carbocycles. The maximum atomic E-state index is 12.3. The van der Waals surface area contributed by atoms with E-state index >= 15 is 0 Å². The molecule has 1 aromatic rings. The Morgan fingerprint density at radius 2 is 2.17 bits per heavy atom. The van der Waals surface area contributed by atoms with Crippen LogP contribution in [0.4, 0.5) is 0 Å². The number of carbonyl (C=O) groups is 2. The molecule has 2 rings (SSSR count). The molecule has 2 amide bonds. The Kier molecular flexibility index (Phi) is 3.92. The normalized spacial score (nSPS) is 19.0. The van der Waals surface area contributed by atoms with Crippen molar-refractivity contribution < 1.29 is 9.59 Å². The van der Waals surface area contributed by atoms with Gasteiger partial charge in [0, 0.05) is 17.6 Å². The third-order valence-electron chi connectivity index (χ3n) is 3.04. The summed E-state index contributed by atoms with van der Waals surface area (Å²) in [6.45, 7) is 0.909. The largest absolute Gasteiger partial charge is 0.369 e. The van der Waals surface area contributed by atoms with Crippen molar-refractivity contribution in [3.8, 4) is 0 Å². The van der Waals surface area contributed by atoms with Gasteiger partial charge in [0.2, 0.25) is 5.91 Å². The molecule has 0 aliphatic carbocycles. The highest BCUT2D eigenvalue weighted by Crippen LogP contribution is 2.25. The van der Waals surface area contributed by atoms with Crippen LogP contribution in [-0.4, -0.2) is 29.8 Å². The van der Waals surface area contributed by atoms with Gasteiger partial charge in [-0.15, -0.1) is 0 Å². The SMILES string of the molecule is NC(=O)C1CCN(C(=O)c2cc(Br)ccc2Cl)C1. The summed E-state index contributed by atoms with van der Waals surface area (Å²) in [5.41, 5.74) is 5.68. The lowest BCUT2D eigenvalue weighted by Crippen LogP contribution is -2.31. The number of nitrogens with two attached hydrogens (primary N) is 1. The molecule has 0 bridgehead atoms. The number of benzene rings is 1. The first-order chi connectivity index (χ1) is 8.49. The molecule has 1 atom stereocenters. The standard InChI is InChI=1S/C12H12BrClN2O2/c13-8-1-2-10(14)9(5-8)12(18)16-4-3-7(6-16)11(15)17/h1-2,5,7H,3-4,6H2,(H2,15,17). The lowest BCUT2D eigenvalue weighted by Gasteiger charge is -2.16. The van der Waals surface area contributed by atoms with E-state index in [4.69, 9.17) is 17.3 Å². The van der Waals surface area contributed by atoms with Gasteiger partial charge in [-0.25, -0.2) is 0 Å². The van der Waals surface area contributed by atoms with Crippen molar-refractivity contribution in [2.75, 3.05) is 13.1 Å². The van der Waals surface area contributed by atoms with Crippen molar-refractivity contribution in [1.82, 2.24) is 4.90 Å². The summed E-state index contributed by atoms with van der Waals surface area (Å²) in [7, 11) is 0. The van der Waals surface area contributed by atoms with E-state index in [1.54, 1.807) is 23.1 Å². The molecule has 1 heterocycles. The van der Waals surface area contributed by atoms with E-state index in [0.717, 1.165) is 4.47 Å². The van der Waals surface area contributed by atoms with Crippen LogP contribution in [-0.2, 0) is 4.79 Å². The predicted molar refractivity (Wildman–Crippen MR) is 72.4 cm³/mol. The first-order valence-corrected chi connectivity index (χ1v) is 6.70. The topological polar surface area (TPSA) is 63.4 Å². The fraction of sp³-hybridized carbons (Fsp3) is 0.333. The van der Waals surface area contributed by atoms with E-state index in [1.165, 1.54) is 0 Å². The highest BCUT2D eigenvalue weighted by atomic mass is 79.9. The summed E-state index contributed by atoms with van der Waals surface area (Å²) >= 11 is 9.31. The van der Waals surface area contributed by atoms with Crippen molar-refractivity contribution in [1.29, 1.82) is 0 Å². The number of amides is 2. The van der Waals surface area contributed by atoms with E-state index in [1.807, 2.05) is 0 Å². The molecule has 96 valence electrons. The van der Waals surface area contributed by atoms with E-state index in [9.17, 15) is 9.59 Å². The van der Waals surface area contributed by atoms with E-state index in [-0.39, 0.29) is 17.7 Å². The van der Waals surface area contributed by atoms with Crippen LogP contribution in [0.2, 0.25) is 5.02 Å². The molecule has 0 spiro atoms. The summed E-state index contributed by atoms with van der Waals surface area (Å²) in [5, 5.41) is 0.408. The van der Waals surface area contributed by atoms with Gasteiger partial charge < -0.3 is 10.6 Å². The number of hydrogen-bond donors (Lipinski definition) is 1. The Hall–Kier alpha value is -1.07. The molecule has 1 saturated heterocycles. The average molecular weight is 332 g/mol. The number of nitrogens with zero attached hydrogens (tertiary/aromatic N) is 1. The Morgan fingerprint density at radius 1 is 1.44 bits per heavy atom. The molecule has 4 nitrogen and oxygen atoms in total. The van der Waals surface area contributed by atoms with Crippen LogP contribution in [0.3, 0.4) is 0 Å². The Balaban J connectivity index is 2.17. The van der Waals surface area contributed by atoms with Gasteiger partial charge in [-0.1, -0.05) is 27.5 Å². The second kappa shape index (κ2) is 5.28. The van der Waals surface area contributed by atoms with E-state index in [2.05, 4.69) is 15.9 Å². The molecule has 1 unspecified atom stereocenters. The van der Waals surface area contributed by atoms with Gasteiger partial charge in [0.05, 0.1) is 16.5 Å². The smallest absolute Gasteiger partial charge is 0.255 e. The highest BCUT2D eigenvalue weighted by Gasteiger charge is 2.30. The monoisotopic (exact) mass is 330 g/mol. The van der Waals surface area contributed by atoms with Gasteiger partial charge in [-0.05, 0) is 24.6 Å². The third-order valence-corrected chi connectivity index (χ3v) is 3.86. The first-order valence-electron chi connectivity index (χ1n) is 5.52. The molecule has 1 aliphatic rings. The Labute approximate surface area is 118 Å². The minimum absolute atomic E-state index is 0.162. The average Bonchev–Trinajstić information content (AvgIpc) is 2.81. The van der Waals surface area contributed by atoms with Gasteiger partial charge in [-0.3, -0.25) is 9.59 Å². The van der Waals surface area contributed by atoms with Crippen molar-refractivity contribution in [3.63, 3.8) is 0 Å². The zero-order chi connectivity index (χ0) is 13.3. The van der Waals surface area contributed by atoms with Gasteiger partial charge in [0.15, 0.2) is 0 Å². The first kappa shape index (κ1) is 13.4. The number of likely N-dealkylation sites (tertiary alicyclic amines) is 1. The fourth-order valence-electron chi connectivity index (χ4n) is 2.01. The molecule has 0 radical (unpaired) electrons. The second-order valence-electron chi connectivity index (χ2n) is 4.26. The summed E-state index contributed by atoms with van der Waals surface area (Å²) in [4.78, 5) is 24.9. The predicted octanol–water partition coefficient (Wildman–Crippen LogP) is 2.05. The molecule has 18 heavy (non-hydrogen) atoms. The van der Waals surface area contributed by atoms with Crippen molar-refractivity contribution in [2.45, 2.75) is 6.42 Å². The molecule has 1 aliphatic heterocycles. The fourth-order valence-corrected chi connectivity index (χ4v) is 2.57. The minimum Gasteiger partial charge on any atom is -0.369 e. The second-order valence-corrected chi connectivity index (χ2v) is 5.59. The van der Waals surface area contributed by atoms with Gasteiger partial charge in [0.25, 0.3) is 5.91 Å². The summed E-state index contributed by atoms with van der Waals surface area (Å²) in [5.74, 6) is -0.768. The third kappa shape index (κ3) is 2.67. The molecule has 6 heteroatoms. The van der Waals surface area contributed by atoms with Gasteiger partial charge in [-0.2, -0.15) is 0 Å². The summed E-state index contributed by atoms with van der Waals surface area (Å²) in [6.07, 6.45) is 0.618. The maximum absolute atomic E-state index is 12.3. The Bertz CT molecular complexity index is 507. The number of halogens is 2. The minimum atomic E-state index is -0.356. The van der Waals surface area contributed by atoms with Crippen LogP contribution in [0.15, 0.2) is 22.7 Å². The van der Waals surface area contributed by atoms with E-state index in [0.29, 0.717) is 30.1 Å². The molecule has 0 aromatic heterocycles. The quantitative estimate of drug-likeness (QED) is 0.901. The summed E-state index contributed by atoms with van der Waals surface area (Å²) in [6, 6.07) is 5.12. The van der Waals surface area contributed by atoms with Gasteiger partial charge >= 0.3 is 0 Å². The van der Waals surface area contributed by atoms with Gasteiger partial charge in [0.1, 0.15) is 0 Å². The lowest BCUT2D eigenvalue weighted by molar-refractivity contribution is -0.121. The highest BCUT2D eigenvalue weighted by molar-refractivity contribution is 9.10.